The van der Waals surface area contributed by atoms with Gasteiger partial charge in [-0.15, -0.1) is 0 Å². The first-order chi connectivity index (χ1) is 10.1. The van der Waals surface area contributed by atoms with Crippen LogP contribution in [0.25, 0.3) is 0 Å². The zero-order valence-electron chi connectivity index (χ0n) is 12.2. The second kappa shape index (κ2) is 6.81. The second-order valence-electron chi connectivity index (χ2n) is 5.27. The van der Waals surface area contributed by atoms with Crippen LogP contribution in [0.4, 0.5) is 11.4 Å². The van der Waals surface area contributed by atoms with Gasteiger partial charge in [0, 0.05) is 24.5 Å². The molecule has 1 unspecified atom stereocenters. The second-order valence-corrected chi connectivity index (χ2v) is 7.13. The molecule has 1 aromatic carbocycles. The SMILES string of the molecule is CCC(C#N)S(=O)(=O)Nc1ccc(N2CCCCC2)cc1. The Morgan fingerprint density at radius 2 is 1.86 bits per heavy atom. The number of anilines is 2. The van der Waals surface area contributed by atoms with Crippen LogP contribution in [-0.4, -0.2) is 26.8 Å². The van der Waals surface area contributed by atoms with Crippen molar-refractivity contribution < 1.29 is 8.42 Å². The number of sulfonamides is 1. The van der Waals surface area contributed by atoms with Gasteiger partial charge in [-0.3, -0.25) is 4.72 Å². The van der Waals surface area contributed by atoms with E-state index in [2.05, 4.69) is 9.62 Å². The first-order valence-electron chi connectivity index (χ1n) is 7.33. The van der Waals surface area contributed by atoms with E-state index in [4.69, 9.17) is 5.26 Å². The lowest BCUT2D eigenvalue weighted by molar-refractivity contribution is 0.578. The van der Waals surface area contributed by atoms with Crippen LogP contribution in [0.1, 0.15) is 32.6 Å². The molecule has 0 amide bonds. The highest BCUT2D eigenvalue weighted by Gasteiger charge is 2.23. The summed E-state index contributed by atoms with van der Waals surface area (Å²) in [6.45, 7) is 3.79. The molecular formula is C15H21N3O2S. The Balaban J connectivity index is 2.07. The van der Waals surface area contributed by atoms with E-state index < -0.39 is 15.3 Å². The van der Waals surface area contributed by atoms with Crippen molar-refractivity contribution in [3.05, 3.63) is 24.3 Å². The summed E-state index contributed by atoms with van der Waals surface area (Å²) < 4.78 is 26.5. The van der Waals surface area contributed by atoms with Crippen molar-refractivity contribution in [2.75, 3.05) is 22.7 Å². The highest BCUT2D eigenvalue weighted by Crippen LogP contribution is 2.22. The Kier molecular flexibility index (Phi) is 5.07. The number of rotatable bonds is 5. The van der Waals surface area contributed by atoms with Crippen molar-refractivity contribution in [1.29, 1.82) is 5.26 Å². The van der Waals surface area contributed by atoms with E-state index in [-0.39, 0.29) is 6.42 Å². The van der Waals surface area contributed by atoms with Crippen LogP contribution >= 0.6 is 0 Å². The van der Waals surface area contributed by atoms with Crippen molar-refractivity contribution in [3.8, 4) is 6.07 Å². The lowest BCUT2D eigenvalue weighted by Crippen LogP contribution is -2.29. The molecule has 1 atom stereocenters. The Hall–Kier alpha value is -1.74. The quantitative estimate of drug-likeness (QED) is 0.907. The summed E-state index contributed by atoms with van der Waals surface area (Å²) in [5.74, 6) is 0. The van der Waals surface area contributed by atoms with E-state index in [1.54, 1.807) is 19.1 Å². The normalized spacial score (nSPS) is 17.0. The fourth-order valence-electron chi connectivity index (χ4n) is 2.51. The molecule has 1 aromatic rings. The van der Waals surface area contributed by atoms with E-state index in [1.807, 2.05) is 18.2 Å². The predicted octanol–water partition coefficient (Wildman–Crippen LogP) is 2.72. The maximum atomic E-state index is 12.0. The van der Waals surface area contributed by atoms with Crippen LogP contribution in [-0.2, 0) is 10.0 Å². The van der Waals surface area contributed by atoms with Gasteiger partial charge in [0.15, 0.2) is 5.25 Å². The van der Waals surface area contributed by atoms with Crippen LogP contribution in [0.2, 0.25) is 0 Å². The minimum Gasteiger partial charge on any atom is -0.372 e. The van der Waals surface area contributed by atoms with Crippen LogP contribution in [0, 0.1) is 11.3 Å². The molecule has 0 radical (unpaired) electrons. The molecule has 6 heteroatoms. The third-order valence-corrected chi connectivity index (χ3v) is 5.45. The van der Waals surface area contributed by atoms with Gasteiger partial charge >= 0.3 is 0 Å². The number of nitrogens with zero attached hydrogens (tertiary/aromatic N) is 2. The van der Waals surface area contributed by atoms with Gasteiger partial charge in [-0.1, -0.05) is 6.92 Å². The highest BCUT2D eigenvalue weighted by atomic mass is 32.2. The van der Waals surface area contributed by atoms with Crippen molar-refractivity contribution >= 4 is 21.4 Å². The molecule has 0 spiro atoms. The Morgan fingerprint density at radius 1 is 1.24 bits per heavy atom. The average molecular weight is 307 g/mol. The zero-order chi connectivity index (χ0) is 15.3. The van der Waals surface area contributed by atoms with Gasteiger partial charge in [0.25, 0.3) is 0 Å². The number of benzene rings is 1. The third-order valence-electron chi connectivity index (χ3n) is 3.74. The molecular weight excluding hydrogens is 286 g/mol. The zero-order valence-corrected chi connectivity index (χ0v) is 13.1. The van der Waals surface area contributed by atoms with Gasteiger partial charge < -0.3 is 4.90 Å². The number of piperidine rings is 1. The topological polar surface area (TPSA) is 73.2 Å². The van der Waals surface area contributed by atoms with Crippen molar-refractivity contribution in [3.63, 3.8) is 0 Å². The molecule has 0 bridgehead atoms. The number of nitrogens with one attached hydrogen (secondary N) is 1. The summed E-state index contributed by atoms with van der Waals surface area (Å²) in [4.78, 5) is 2.31. The Morgan fingerprint density at radius 3 is 2.38 bits per heavy atom. The van der Waals surface area contributed by atoms with E-state index >= 15 is 0 Å². The summed E-state index contributed by atoms with van der Waals surface area (Å²) in [7, 11) is -3.64. The fourth-order valence-corrected chi connectivity index (χ4v) is 3.69. The largest absolute Gasteiger partial charge is 0.372 e. The van der Waals surface area contributed by atoms with Gasteiger partial charge in [0.1, 0.15) is 0 Å². The maximum Gasteiger partial charge on any atom is 0.249 e. The predicted molar refractivity (Wildman–Crippen MR) is 84.7 cm³/mol. The standard InChI is InChI=1S/C15H21N3O2S/c1-2-15(12-16)21(19,20)17-13-6-8-14(9-7-13)18-10-4-3-5-11-18/h6-9,15,17H,2-5,10-11H2,1H3. The van der Waals surface area contributed by atoms with Crippen LogP contribution < -0.4 is 9.62 Å². The van der Waals surface area contributed by atoms with Gasteiger partial charge in [-0.25, -0.2) is 8.42 Å². The summed E-state index contributed by atoms with van der Waals surface area (Å²) in [5, 5.41) is 7.86. The molecule has 1 heterocycles. The Bertz CT molecular complexity index is 599. The van der Waals surface area contributed by atoms with Gasteiger partial charge in [0.2, 0.25) is 10.0 Å². The van der Waals surface area contributed by atoms with Crippen LogP contribution in [0.3, 0.4) is 0 Å². The maximum absolute atomic E-state index is 12.0. The highest BCUT2D eigenvalue weighted by molar-refractivity contribution is 7.93. The molecule has 1 N–H and O–H groups in total. The molecule has 21 heavy (non-hydrogen) atoms. The van der Waals surface area contributed by atoms with E-state index in [0.29, 0.717) is 5.69 Å². The smallest absolute Gasteiger partial charge is 0.249 e. The van der Waals surface area contributed by atoms with Crippen LogP contribution in [0.15, 0.2) is 24.3 Å². The van der Waals surface area contributed by atoms with E-state index in [1.165, 1.54) is 19.3 Å². The average Bonchev–Trinajstić information content (AvgIpc) is 2.49. The molecule has 1 aliphatic rings. The molecule has 5 nitrogen and oxygen atoms in total. The lowest BCUT2D eigenvalue weighted by Gasteiger charge is -2.28. The summed E-state index contributed by atoms with van der Waals surface area (Å²) >= 11 is 0. The molecule has 2 rings (SSSR count). The van der Waals surface area contributed by atoms with Crippen LogP contribution in [0.5, 0.6) is 0 Å². The third kappa shape index (κ3) is 3.88. The van der Waals surface area contributed by atoms with Gasteiger partial charge in [-0.2, -0.15) is 5.26 Å². The number of nitriles is 1. The molecule has 1 aliphatic heterocycles. The number of hydrogen-bond acceptors (Lipinski definition) is 4. The molecule has 0 aliphatic carbocycles. The Labute approximate surface area is 126 Å². The minimum atomic E-state index is -3.64. The van der Waals surface area contributed by atoms with Gasteiger partial charge in [-0.05, 0) is 49.9 Å². The molecule has 0 saturated carbocycles. The van der Waals surface area contributed by atoms with E-state index in [9.17, 15) is 8.42 Å². The first kappa shape index (κ1) is 15.6. The molecule has 1 saturated heterocycles. The first-order valence-corrected chi connectivity index (χ1v) is 8.87. The minimum absolute atomic E-state index is 0.275. The van der Waals surface area contributed by atoms with Crippen molar-refractivity contribution in [1.82, 2.24) is 0 Å². The summed E-state index contributed by atoms with van der Waals surface area (Å²) in [6.07, 6.45) is 3.96. The molecule has 114 valence electrons. The summed E-state index contributed by atoms with van der Waals surface area (Å²) in [5.41, 5.74) is 1.62. The van der Waals surface area contributed by atoms with Crippen molar-refractivity contribution in [2.24, 2.45) is 0 Å². The molecule has 0 aromatic heterocycles. The monoisotopic (exact) mass is 307 g/mol. The number of hydrogen-bond donors (Lipinski definition) is 1. The summed E-state index contributed by atoms with van der Waals surface area (Å²) in [6, 6.07) is 9.18. The van der Waals surface area contributed by atoms with E-state index in [0.717, 1.165) is 18.8 Å². The lowest BCUT2D eigenvalue weighted by atomic mass is 10.1. The van der Waals surface area contributed by atoms with Crippen molar-refractivity contribution in [2.45, 2.75) is 37.9 Å². The fraction of sp³-hybridized carbons (Fsp3) is 0.533. The molecule has 1 fully saturated rings. The van der Waals surface area contributed by atoms with Gasteiger partial charge in [0.05, 0.1) is 6.07 Å².